The summed E-state index contributed by atoms with van der Waals surface area (Å²) >= 11 is 12.8. The molecule has 6 rings (SSSR count). The number of imidazole rings is 2. The molecule has 17 nitrogen and oxygen atoms in total. The molecule has 286 valence electrons. The number of aromatic amines is 1. The Morgan fingerprint density at radius 3 is 2.31 bits per heavy atom. The molecule has 4 aromatic heterocycles. The largest absolute Gasteiger partial charge is 0.445 e. The molecule has 0 aliphatic carbocycles. The SMILES string of the molecule is Cn1cc(-n2cnc3c(NCc4nc5cc(NCCOCCOCCOCCOCCNC(=O)OCc6ccccc6)c(Cl)cc5[nH]4)nc(Cl)nc32)cn1. The van der Waals surface area contributed by atoms with Crippen LogP contribution in [0.25, 0.3) is 27.9 Å². The van der Waals surface area contributed by atoms with E-state index < -0.39 is 6.09 Å². The topological polar surface area (TPSA) is 189 Å². The van der Waals surface area contributed by atoms with E-state index in [2.05, 4.69) is 41.0 Å². The highest BCUT2D eigenvalue weighted by atomic mass is 35.5. The summed E-state index contributed by atoms with van der Waals surface area (Å²) in [5.41, 5.74) is 5.16. The molecular weight excluding hydrogens is 741 g/mol. The third-order valence-electron chi connectivity index (χ3n) is 7.79. The first kappa shape index (κ1) is 38.7. The van der Waals surface area contributed by atoms with E-state index in [0.717, 1.165) is 28.0 Å². The lowest BCUT2D eigenvalue weighted by Gasteiger charge is -2.10. The number of ether oxygens (including phenoxy) is 5. The lowest BCUT2D eigenvalue weighted by molar-refractivity contribution is -0.000432. The zero-order chi connectivity index (χ0) is 37.5. The van der Waals surface area contributed by atoms with Gasteiger partial charge in [0.05, 0.1) is 93.0 Å². The second kappa shape index (κ2) is 19.9. The number of nitrogens with one attached hydrogen (secondary N) is 4. The second-order valence-electron chi connectivity index (χ2n) is 11.8. The van der Waals surface area contributed by atoms with Crippen LogP contribution in [0.2, 0.25) is 10.3 Å². The van der Waals surface area contributed by atoms with Gasteiger partial charge in [0.25, 0.3) is 0 Å². The molecule has 0 unspecified atom stereocenters. The van der Waals surface area contributed by atoms with Crippen molar-refractivity contribution < 1.29 is 28.5 Å². The van der Waals surface area contributed by atoms with Crippen LogP contribution in [-0.4, -0.2) is 111 Å². The van der Waals surface area contributed by atoms with E-state index in [0.29, 0.717) is 100 Å². The highest BCUT2D eigenvalue weighted by Gasteiger charge is 2.16. The number of halogens is 2. The minimum absolute atomic E-state index is 0.0889. The third kappa shape index (κ3) is 11.2. The summed E-state index contributed by atoms with van der Waals surface area (Å²) < 4.78 is 30.8. The smallest absolute Gasteiger partial charge is 0.407 e. The van der Waals surface area contributed by atoms with Gasteiger partial charge in [-0.1, -0.05) is 41.9 Å². The molecule has 54 heavy (non-hydrogen) atoms. The van der Waals surface area contributed by atoms with Crippen LogP contribution < -0.4 is 16.0 Å². The molecule has 0 atom stereocenters. The average Bonchev–Trinajstić information content (AvgIpc) is 3.91. The van der Waals surface area contributed by atoms with Crippen LogP contribution in [0.15, 0.2) is 61.2 Å². The standard InChI is InChI=1S/C35H41Cl2N11O6/c1-47-21-25(19-42-47)48-23-41-31-32(45-34(37)46-33(31)48)40-20-30-43-28-17-26(36)27(18-29(28)44-30)38-7-9-50-11-13-52-15-16-53-14-12-51-10-8-39-35(49)54-22-24-5-3-2-4-6-24/h2-6,17-19,21,23,38H,7-16,20,22H2,1H3,(H,39,49)(H,43,44)(H,40,45,46). The molecule has 1 amide bonds. The number of carbonyl (C=O) groups is 1. The number of hydrogen-bond acceptors (Lipinski definition) is 13. The van der Waals surface area contributed by atoms with E-state index in [1.165, 1.54) is 0 Å². The van der Waals surface area contributed by atoms with E-state index in [-0.39, 0.29) is 11.9 Å². The van der Waals surface area contributed by atoms with Gasteiger partial charge in [0, 0.05) is 26.3 Å². The highest BCUT2D eigenvalue weighted by Crippen LogP contribution is 2.28. The van der Waals surface area contributed by atoms with Crippen molar-refractivity contribution in [3.63, 3.8) is 0 Å². The van der Waals surface area contributed by atoms with Gasteiger partial charge in [-0.15, -0.1) is 0 Å². The number of alkyl carbamates (subject to hydrolysis) is 1. The number of carbonyl (C=O) groups excluding carboxylic acids is 1. The molecule has 0 aliphatic rings. The predicted octanol–water partition coefficient (Wildman–Crippen LogP) is 4.75. The van der Waals surface area contributed by atoms with E-state index in [9.17, 15) is 4.79 Å². The van der Waals surface area contributed by atoms with Crippen molar-refractivity contribution in [3.05, 3.63) is 82.9 Å². The van der Waals surface area contributed by atoms with E-state index in [1.807, 2.05) is 55.7 Å². The fourth-order valence-corrected chi connectivity index (χ4v) is 5.60. The Bertz CT molecular complexity index is 2090. The minimum atomic E-state index is -0.478. The van der Waals surface area contributed by atoms with Crippen LogP contribution in [0.3, 0.4) is 0 Å². The number of fused-ring (bicyclic) bond motifs is 2. The number of rotatable bonds is 22. The molecule has 4 N–H and O–H groups in total. The molecule has 4 heterocycles. The van der Waals surface area contributed by atoms with Gasteiger partial charge >= 0.3 is 6.09 Å². The van der Waals surface area contributed by atoms with Crippen LogP contribution in [0, 0.1) is 0 Å². The van der Waals surface area contributed by atoms with Crippen molar-refractivity contribution in [3.8, 4) is 5.69 Å². The molecule has 0 saturated carbocycles. The van der Waals surface area contributed by atoms with Crippen LogP contribution in [0.4, 0.5) is 16.3 Å². The lowest BCUT2D eigenvalue weighted by atomic mass is 10.2. The van der Waals surface area contributed by atoms with Crippen molar-refractivity contribution in [2.24, 2.45) is 7.05 Å². The Morgan fingerprint density at radius 2 is 1.59 bits per heavy atom. The molecular formula is C35H41Cl2N11O6. The lowest BCUT2D eigenvalue weighted by Crippen LogP contribution is -2.28. The quantitative estimate of drug-likeness (QED) is 0.0546. The average molecular weight is 783 g/mol. The van der Waals surface area contributed by atoms with Crippen molar-refractivity contribution in [2.75, 3.05) is 76.6 Å². The van der Waals surface area contributed by atoms with Crippen LogP contribution in [0.5, 0.6) is 0 Å². The summed E-state index contributed by atoms with van der Waals surface area (Å²) in [6, 6.07) is 13.2. The van der Waals surface area contributed by atoms with Gasteiger partial charge in [-0.25, -0.2) is 14.8 Å². The summed E-state index contributed by atoms with van der Waals surface area (Å²) in [7, 11) is 1.84. The molecule has 0 spiro atoms. The molecule has 0 saturated heterocycles. The molecule has 19 heteroatoms. The Kier molecular flexibility index (Phi) is 14.2. The first-order valence-corrected chi connectivity index (χ1v) is 18.0. The van der Waals surface area contributed by atoms with Gasteiger partial charge in [0.1, 0.15) is 18.8 Å². The van der Waals surface area contributed by atoms with Crippen molar-refractivity contribution in [2.45, 2.75) is 13.2 Å². The fourth-order valence-electron chi connectivity index (χ4n) is 5.21. The van der Waals surface area contributed by atoms with Gasteiger partial charge in [-0.2, -0.15) is 15.1 Å². The number of benzene rings is 2. The monoisotopic (exact) mass is 781 g/mol. The number of anilines is 2. The maximum Gasteiger partial charge on any atom is 0.407 e. The zero-order valence-corrected chi connectivity index (χ0v) is 31.1. The maximum absolute atomic E-state index is 11.7. The van der Waals surface area contributed by atoms with E-state index in [1.54, 1.807) is 21.8 Å². The Balaban J connectivity index is 0.806. The second-order valence-corrected chi connectivity index (χ2v) is 12.5. The van der Waals surface area contributed by atoms with Crippen molar-refractivity contribution >= 4 is 63.0 Å². The zero-order valence-electron chi connectivity index (χ0n) is 29.6. The number of nitrogens with zero attached hydrogens (tertiary/aromatic N) is 7. The Hall–Kier alpha value is -5.04. The summed E-state index contributed by atoms with van der Waals surface area (Å²) in [5.74, 6) is 1.16. The van der Waals surface area contributed by atoms with Gasteiger partial charge < -0.3 is 44.6 Å². The molecule has 0 bridgehead atoms. The molecule has 2 aromatic carbocycles. The van der Waals surface area contributed by atoms with Crippen molar-refractivity contribution in [1.82, 2.24) is 44.6 Å². The van der Waals surface area contributed by atoms with Crippen molar-refractivity contribution in [1.29, 1.82) is 0 Å². The Labute approximate surface area is 320 Å². The van der Waals surface area contributed by atoms with Crippen LogP contribution in [-0.2, 0) is 43.9 Å². The first-order chi connectivity index (χ1) is 26.4. The Morgan fingerprint density at radius 1 is 0.870 bits per heavy atom. The normalized spacial score (nSPS) is 11.4. The fraction of sp³-hybridized carbons (Fsp3) is 0.371. The van der Waals surface area contributed by atoms with Crippen LogP contribution in [0.1, 0.15) is 11.4 Å². The first-order valence-electron chi connectivity index (χ1n) is 17.2. The third-order valence-corrected chi connectivity index (χ3v) is 8.27. The number of H-pyrrole nitrogens is 1. The predicted molar refractivity (Wildman–Crippen MR) is 203 cm³/mol. The number of aromatic nitrogens is 8. The molecule has 0 fully saturated rings. The van der Waals surface area contributed by atoms with Gasteiger partial charge in [0.15, 0.2) is 17.0 Å². The number of amides is 1. The van der Waals surface area contributed by atoms with E-state index in [4.69, 9.17) is 51.9 Å². The van der Waals surface area contributed by atoms with Gasteiger partial charge in [-0.3, -0.25) is 9.25 Å². The number of hydrogen-bond donors (Lipinski definition) is 4. The van der Waals surface area contributed by atoms with Gasteiger partial charge in [-0.05, 0) is 29.3 Å². The minimum Gasteiger partial charge on any atom is -0.445 e. The highest BCUT2D eigenvalue weighted by molar-refractivity contribution is 6.34. The summed E-state index contributed by atoms with van der Waals surface area (Å²) in [5, 5.41) is 14.1. The maximum atomic E-state index is 11.7. The summed E-state index contributed by atoms with van der Waals surface area (Å²) in [6.07, 6.45) is 4.75. The molecule has 0 aliphatic heterocycles. The molecule has 0 radical (unpaired) electrons. The number of aryl methyl sites for hydroxylation is 1. The van der Waals surface area contributed by atoms with Gasteiger partial charge in [0.2, 0.25) is 5.28 Å². The summed E-state index contributed by atoms with van der Waals surface area (Å²) in [6.45, 7) is 4.92. The summed E-state index contributed by atoms with van der Waals surface area (Å²) in [4.78, 5) is 32.9. The van der Waals surface area contributed by atoms with E-state index >= 15 is 0 Å². The molecule has 6 aromatic rings. The van der Waals surface area contributed by atoms with Crippen LogP contribution >= 0.6 is 23.2 Å².